The molecule has 0 amide bonds. The van der Waals surface area contributed by atoms with Crippen LogP contribution in [-0.2, 0) is 0 Å². The minimum Gasteiger partial charge on any atom is -0.343 e. The van der Waals surface area contributed by atoms with Crippen molar-refractivity contribution in [1.82, 2.24) is 4.98 Å². The maximum Gasteiger partial charge on any atom is 0.0550 e. The molecule has 2 heterocycles. The van der Waals surface area contributed by atoms with Gasteiger partial charge in [0.15, 0.2) is 0 Å². The van der Waals surface area contributed by atoms with Crippen LogP contribution in [0.2, 0.25) is 0 Å². The van der Waals surface area contributed by atoms with Crippen molar-refractivity contribution in [3.8, 4) is 11.1 Å². The molecule has 3 heteroatoms. The zero-order chi connectivity index (χ0) is 14.2. The van der Waals surface area contributed by atoms with Crippen LogP contribution in [0.4, 0.5) is 11.4 Å². The summed E-state index contributed by atoms with van der Waals surface area (Å²) in [4.78, 5) is 8.95. The first kappa shape index (κ1) is 12.5. The normalized spacial score (nSPS) is 12.7. The molecule has 0 N–H and O–H groups in total. The number of hydrogen-bond donors (Lipinski definition) is 0. The van der Waals surface area contributed by atoms with E-state index in [9.17, 15) is 0 Å². The number of benzene rings is 2. The second-order valence-electron chi connectivity index (χ2n) is 5.05. The quantitative estimate of drug-likeness (QED) is 0.628. The number of para-hydroxylation sites is 1. The Kier molecular flexibility index (Phi) is 2.93. The first-order valence-electron chi connectivity index (χ1n) is 6.88. The highest BCUT2D eigenvalue weighted by molar-refractivity contribution is 7.99. The Bertz CT molecular complexity index is 799. The summed E-state index contributed by atoms with van der Waals surface area (Å²) in [6, 6.07) is 19.3. The molecule has 2 aromatic carbocycles. The van der Waals surface area contributed by atoms with Crippen LogP contribution in [0.5, 0.6) is 0 Å². The van der Waals surface area contributed by atoms with Gasteiger partial charge in [0, 0.05) is 29.2 Å². The Balaban J connectivity index is 1.81. The summed E-state index contributed by atoms with van der Waals surface area (Å²) >= 11 is 1.84. The molecule has 0 aliphatic carbocycles. The Morgan fingerprint density at radius 1 is 0.810 bits per heavy atom. The molecule has 0 saturated heterocycles. The molecule has 102 valence electrons. The molecule has 3 aromatic rings. The number of hydrogen-bond acceptors (Lipinski definition) is 3. The summed E-state index contributed by atoms with van der Waals surface area (Å²) in [5.74, 6) is 0. The van der Waals surface area contributed by atoms with Gasteiger partial charge in [-0.15, -0.1) is 0 Å². The maximum absolute atomic E-state index is 4.09. The van der Waals surface area contributed by atoms with Crippen LogP contribution in [0, 0.1) is 0 Å². The van der Waals surface area contributed by atoms with Crippen LogP contribution in [-0.4, -0.2) is 12.0 Å². The third-order valence-corrected chi connectivity index (χ3v) is 4.89. The molecule has 0 saturated carbocycles. The van der Waals surface area contributed by atoms with Crippen LogP contribution in [0.15, 0.2) is 76.8 Å². The summed E-state index contributed by atoms with van der Waals surface area (Å²) in [6.45, 7) is 0. The minimum absolute atomic E-state index is 1.20. The van der Waals surface area contributed by atoms with Gasteiger partial charge in [-0.2, -0.15) is 0 Å². The van der Waals surface area contributed by atoms with Crippen molar-refractivity contribution in [3.05, 3.63) is 67.0 Å². The van der Waals surface area contributed by atoms with E-state index in [1.165, 1.54) is 32.3 Å². The second-order valence-corrected chi connectivity index (χ2v) is 6.13. The molecule has 0 radical (unpaired) electrons. The predicted octanol–water partition coefficient (Wildman–Crippen LogP) is 4.98. The van der Waals surface area contributed by atoms with Gasteiger partial charge in [0.05, 0.1) is 11.4 Å². The summed E-state index contributed by atoms with van der Waals surface area (Å²) in [5, 5.41) is 0. The lowest BCUT2D eigenvalue weighted by atomic mass is 10.1. The van der Waals surface area contributed by atoms with E-state index in [0.717, 1.165) is 0 Å². The molecular weight excluding hydrogens is 276 g/mol. The molecule has 0 bridgehead atoms. The van der Waals surface area contributed by atoms with Crippen LogP contribution in [0.1, 0.15) is 0 Å². The van der Waals surface area contributed by atoms with Crippen molar-refractivity contribution >= 4 is 23.1 Å². The lowest BCUT2D eigenvalue weighted by Crippen LogP contribution is -2.14. The highest BCUT2D eigenvalue weighted by Gasteiger charge is 2.20. The van der Waals surface area contributed by atoms with Gasteiger partial charge in [0.2, 0.25) is 0 Å². The lowest BCUT2D eigenvalue weighted by molar-refractivity contribution is 1.11. The predicted molar refractivity (Wildman–Crippen MR) is 88.3 cm³/mol. The molecule has 21 heavy (non-hydrogen) atoms. The zero-order valence-corrected chi connectivity index (χ0v) is 12.5. The van der Waals surface area contributed by atoms with E-state index in [2.05, 4.69) is 59.4 Å². The van der Waals surface area contributed by atoms with Crippen molar-refractivity contribution in [2.75, 3.05) is 11.9 Å². The summed E-state index contributed by atoms with van der Waals surface area (Å²) in [7, 11) is 2.13. The van der Waals surface area contributed by atoms with Crippen molar-refractivity contribution in [2.45, 2.75) is 9.79 Å². The number of pyridine rings is 1. The molecule has 0 atom stereocenters. The molecule has 0 unspecified atom stereocenters. The number of aromatic nitrogens is 1. The van der Waals surface area contributed by atoms with Gasteiger partial charge in [-0.3, -0.25) is 4.98 Å². The fourth-order valence-electron chi connectivity index (χ4n) is 2.67. The third-order valence-electron chi connectivity index (χ3n) is 3.78. The van der Waals surface area contributed by atoms with E-state index in [1.807, 2.05) is 36.3 Å². The third kappa shape index (κ3) is 2.10. The zero-order valence-electron chi connectivity index (χ0n) is 11.7. The average Bonchev–Trinajstić information content (AvgIpc) is 2.55. The van der Waals surface area contributed by atoms with E-state index in [1.54, 1.807) is 0 Å². The Hall–Kier alpha value is -2.26. The lowest BCUT2D eigenvalue weighted by Gasteiger charge is -2.29. The first-order chi connectivity index (χ1) is 10.3. The monoisotopic (exact) mass is 290 g/mol. The topological polar surface area (TPSA) is 16.1 Å². The van der Waals surface area contributed by atoms with Crippen molar-refractivity contribution in [1.29, 1.82) is 0 Å². The van der Waals surface area contributed by atoms with Gasteiger partial charge >= 0.3 is 0 Å². The van der Waals surface area contributed by atoms with E-state index in [0.29, 0.717) is 0 Å². The molecular formula is C18H14N2S. The molecule has 1 aliphatic rings. The number of nitrogens with zero attached hydrogens (tertiary/aromatic N) is 2. The summed E-state index contributed by atoms with van der Waals surface area (Å²) in [5.41, 5.74) is 4.97. The van der Waals surface area contributed by atoms with Gasteiger partial charge in [0.25, 0.3) is 0 Å². The number of rotatable bonds is 1. The molecule has 1 aliphatic heterocycles. The SMILES string of the molecule is CN1c2ccccc2Sc2cc(-c3ccncc3)ccc21. The summed E-state index contributed by atoms with van der Waals surface area (Å²) < 4.78 is 0. The standard InChI is InChI=1S/C18H14N2S/c1-20-15-4-2-3-5-17(15)21-18-12-14(6-7-16(18)20)13-8-10-19-11-9-13/h2-12H,1H3. The van der Waals surface area contributed by atoms with Crippen LogP contribution in [0.3, 0.4) is 0 Å². The fraction of sp³-hybridized carbons (Fsp3) is 0.0556. The molecule has 0 fully saturated rings. The Morgan fingerprint density at radius 2 is 1.57 bits per heavy atom. The molecule has 1 aromatic heterocycles. The van der Waals surface area contributed by atoms with Crippen LogP contribution in [0.25, 0.3) is 11.1 Å². The molecule has 0 spiro atoms. The number of anilines is 2. The van der Waals surface area contributed by atoms with Gasteiger partial charge in [-0.05, 0) is 47.5 Å². The molecule has 4 rings (SSSR count). The van der Waals surface area contributed by atoms with Gasteiger partial charge in [0.1, 0.15) is 0 Å². The van der Waals surface area contributed by atoms with Gasteiger partial charge in [-0.1, -0.05) is 30.0 Å². The average molecular weight is 290 g/mol. The highest BCUT2D eigenvalue weighted by Crippen LogP contribution is 2.48. The maximum atomic E-state index is 4.09. The summed E-state index contributed by atoms with van der Waals surface area (Å²) in [6.07, 6.45) is 3.67. The second kappa shape index (κ2) is 4.93. The smallest absolute Gasteiger partial charge is 0.0550 e. The first-order valence-corrected chi connectivity index (χ1v) is 7.69. The van der Waals surface area contributed by atoms with Gasteiger partial charge in [-0.25, -0.2) is 0 Å². The molecule has 2 nitrogen and oxygen atoms in total. The minimum atomic E-state index is 1.20. The van der Waals surface area contributed by atoms with Crippen molar-refractivity contribution in [2.24, 2.45) is 0 Å². The highest BCUT2D eigenvalue weighted by atomic mass is 32.2. The van der Waals surface area contributed by atoms with E-state index in [4.69, 9.17) is 0 Å². The van der Waals surface area contributed by atoms with Crippen molar-refractivity contribution < 1.29 is 0 Å². The van der Waals surface area contributed by atoms with Gasteiger partial charge < -0.3 is 4.90 Å². The van der Waals surface area contributed by atoms with E-state index < -0.39 is 0 Å². The largest absolute Gasteiger partial charge is 0.343 e. The van der Waals surface area contributed by atoms with E-state index in [-0.39, 0.29) is 0 Å². The van der Waals surface area contributed by atoms with Crippen LogP contribution >= 0.6 is 11.8 Å². The Labute approximate surface area is 128 Å². The van der Waals surface area contributed by atoms with E-state index >= 15 is 0 Å². The number of fused-ring (bicyclic) bond motifs is 2. The fourth-order valence-corrected chi connectivity index (χ4v) is 3.85. The Morgan fingerprint density at radius 3 is 2.43 bits per heavy atom. The van der Waals surface area contributed by atoms with Crippen LogP contribution < -0.4 is 4.90 Å². The van der Waals surface area contributed by atoms with Crippen molar-refractivity contribution in [3.63, 3.8) is 0 Å².